The summed E-state index contributed by atoms with van der Waals surface area (Å²) in [5.41, 5.74) is 3.02. The Morgan fingerprint density at radius 1 is 1.50 bits per heavy atom. The van der Waals surface area contributed by atoms with E-state index in [0.717, 1.165) is 31.9 Å². The van der Waals surface area contributed by atoms with Gasteiger partial charge in [-0.15, -0.1) is 23.7 Å². The first-order chi connectivity index (χ1) is 7.24. The van der Waals surface area contributed by atoms with Gasteiger partial charge >= 0.3 is 0 Å². The zero-order valence-electron chi connectivity index (χ0n) is 10.3. The van der Waals surface area contributed by atoms with Crippen molar-refractivity contribution in [3.63, 3.8) is 0 Å². The minimum atomic E-state index is 0. The first-order valence-electron chi connectivity index (χ1n) is 5.56. The van der Waals surface area contributed by atoms with Gasteiger partial charge in [0.05, 0.1) is 11.2 Å². The third-order valence-corrected chi connectivity index (χ3v) is 3.14. The highest BCUT2D eigenvalue weighted by atomic mass is 35.5. The minimum absolute atomic E-state index is 0. The van der Waals surface area contributed by atoms with Gasteiger partial charge in [-0.2, -0.15) is 0 Å². The van der Waals surface area contributed by atoms with E-state index in [2.05, 4.69) is 41.4 Å². The van der Waals surface area contributed by atoms with Crippen molar-refractivity contribution in [3.8, 4) is 0 Å². The second-order valence-electron chi connectivity index (χ2n) is 3.88. The lowest BCUT2D eigenvalue weighted by Gasteiger charge is -2.24. The Balaban J connectivity index is 0.00000225. The van der Waals surface area contributed by atoms with E-state index in [9.17, 15) is 0 Å². The topological polar surface area (TPSA) is 28.2 Å². The molecule has 1 rings (SSSR count). The second-order valence-corrected chi connectivity index (χ2v) is 4.60. The maximum absolute atomic E-state index is 4.23. The summed E-state index contributed by atoms with van der Waals surface area (Å²) in [7, 11) is 0. The number of nitrogens with zero attached hydrogens (tertiary/aromatic N) is 2. The molecular formula is C11H22ClN3S. The summed E-state index contributed by atoms with van der Waals surface area (Å²) < 4.78 is 0. The molecule has 0 spiro atoms. The molecule has 0 aromatic carbocycles. The van der Waals surface area contributed by atoms with E-state index < -0.39 is 0 Å². The molecule has 0 saturated heterocycles. The molecule has 0 amide bonds. The van der Waals surface area contributed by atoms with Gasteiger partial charge in [0.1, 0.15) is 0 Å². The number of nitrogens with one attached hydrogen (secondary N) is 1. The minimum Gasteiger partial charge on any atom is -0.310 e. The highest BCUT2D eigenvalue weighted by Crippen LogP contribution is 2.00. The molecule has 0 aliphatic carbocycles. The van der Waals surface area contributed by atoms with Crippen molar-refractivity contribution in [3.05, 3.63) is 16.6 Å². The van der Waals surface area contributed by atoms with Gasteiger partial charge in [0.2, 0.25) is 0 Å². The van der Waals surface area contributed by atoms with Gasteiger partial charge in [-0.1, -0.05) is 6.92 Å². The van der Waals surface area contributed by atoms with E-state index in [-0.39, 0.29) is 12.4 Å². The average molecular weight is 264 g/mol. The van der Waals surface area contributed by atoms with Crippen LogP contribution < -0.4 is 5.32 Å². The van der Waals surface area contributed by atoms with Crippen molar-refractivity contribution >= 4 is 23.7 Å². The van der Waals surface area contributed by atoms with Gasteiger partial charge in [-0.25, -0.2) is 4.98 Å². The van der Waals surface area contributed by atoms with Gasteiger partial charge in [-0.3, -0.25) is 4.90 Å². The van der Waals surface area contributed by atoms with Crippen LogP contribution in [0.3, 0.4) is 0 Å². The molecule has 0 saturated carbocycles. The third kappa shape index (κ3) is 5.80. The Kier molecular flexibility index (Phi) is 8.84. The smallest absolute Gasteiger partial charge is 0.0795 e. The maximum Gasteiger partial charge on any atom is 0.0795 e. The highest BCUT2D eigenvalue weighted by Gasteiger charge is 2.05. The normalized spacial score (nSPS) is 10.8. The molecule has 0 radical (unpaired) electrons. The van der Waals surface area contributed by atoms with Crippen LogP contribution in [-0.4, -0.2) is 35.6 Å². The monoisotopic (exact) mass is 263 g/mol. The van der Waals surface area contributed by atoms with Crippen molar-refractivity contribution in [2.75, 3.05) is 19.6 Å². The molecule has 1 heterocycles. The lowest BCUT2D eigenvalue weighted by atomic mass is 10.3. The van der Waals surface area contributed by atoms with Crippen molar-refractivity contribution in [1.29, 1.82) is 0 Å². The Hall–Kier alpha value is -0.160. The molecule has 0 aliphatic heterocycles. The van der Waals surface area contributed by atoms with Crippen molar-refractivity contribution < 1.29 is 0 Å². The molecule has 0 atom stereocenters. The first kappa shape index (κ1) is 15.8. The van der Waals surface area contributed by atoms with E-state index in [1.165, 1.54) is 0 Å². The van der Waals surface area contributed by atoms with Crippen molar-refractivity contribution in [1.82, 2.24) is 15.2 Å². The lowest BCUT2D eigenvalue weighted by Crippen LogP contribution is -2.36. The molecule has 1 aromatic heterocycles. The second kappa shape index (κ2) is 8.93. The van der Waals surface area contributed by atoms with Crippen LogP contribution in [0.4, 0.5) is 0 Å². The van der Waals surface area contributed by atoms with E-state index >= 15 is 0 Å². The SMILES string of the molecule is CCN(CCNCc1cscn1)C(C)C.Cl. The van der Waals surface area contributed by atoms with Gasteiger partial charge in [0.15, 0.2) is 0 Å². The summed E-state index contributed by atoms with van der Waals surface area (Å²) in [4.78, 5) is 6.68. The van der Waals surface area contributed by atoms with Gasteiger partial charge in [0, 0.05) is 31.1 Å². The van der Waals surface area contributed by atoms with Crippen LogP contribution in [0.1, 0.15) is 26.5 Å². The van der Waals surface area contributed by atoms with E-state index in [4.69, 9.17) is 0 Å². The molecule has 1 aromatic rings. The summed E-state index contributed by atoms with van der Waals surface area (Å²) in [6.07, 6.45) is 0. The van der Waals surface area contributed by atoms with Crippen molar-refractivity contribution in [2.45, 2.75) is 33.4 Å². The van der Waals surface area contributed by atoms with E-state index in [1.54, 1.807) is 11.3 Å². The lowest BCUT2D eigenvalue weighted by molar-refractivity contribution is 0.233. The number of likely N-dealkylation sites (N-methyl/N-ethyl adjacent to an activating group) is 1. The Labute approximate surface area is 109 Å². The number of hydrogen-bond acceptors (Lipinski definition) is 4. The molecule has 16 heavy (non-hydrogen) atoms. The molecule has 0 bridgehead atoms. The van der Waals surface area contributed by atoms with Crippen LogP contribution in [0.5, 0.6) is 0 Å². The number of halogens is 1. The molecule has 0 fully saturated rings. The fourth-order valence-electron chi connectivity index (χ4n) is 1.55. The summed E-state index contributed by atoms with van der Waals surface area (Å²) in [5, 5.41) is 5.50. The molecule has 1 N–H and O–H groups in total. The summed E-state index contributed by atoms with van der Waals surface area (Å²) in [5.74, 6) is 0. The highest BCUT2D eigenvalue weighted by molar-refractivity contribution is 7.07. The number of aromatic nitrogens is 1. The van der Waals surface area contributed by atoms with Crippen LogP contribution in [0.2, 0.25) is 0 Å². The van der Waals surface area contributed by atoms with Gasteiger partial charge in [-0.05, 0) is 20.4 Å². The van der Waals surface area contributed by atoms with E-state index in [1.807, 2.05) is 5.51 Å². The number of thiazole rings is 1. The fraction of sp³-hybridized carbons (Fsp3) is 0.727. The zero-order chi connectivity index (χ0) is 11.1. The van der Waals surface area contributed by atoms with Crippen molar-refractivity contribution in [2.24, 2.45) is 0 Å². The molecule has 3 nitrogen and oxygen atoms in total. The quantitative estimate of drug-likeness (QED) is 0.766. The molecular weight excluding hydrogens is 242 g/mol. The Morgan fingerprint density at radius 2 is 2.25 bits per heavy atom. The van der Waals surface area contributed by atoms with Crippen LogP contribution in [0.25, 0.3) is 0 Å². The largest absolute Gasteiger partial charge is 0.310 e. The van der Waals surface area contributed by atoms with Crippen LogP contribution in [0.15, 0.2) is 10.9 Å². The van der Waals surface area contributed by atoms with Gasteiger partial charge in [0.25, 0.3) is 0 Å². The maximum atomic E-state index is 4.23. The van der Waals surface area contributed by atoms with Crippen LogP contribution in [-0.2, 0) is 6.54 Å². The molecule has 94 valence electrons. The summed E-state index contributed by atoms with van der Waals surface area (Å²) >= 11 is 1.65. The number of hydrogen-bond donors (Lipinski definition) is 1. The summed E-state index contributed by atoms with van der Waals surface area (Å²) in [6, 6.07) is 0.635. The average Bonchev–Trinajstić information content (AvgIpc) is 2.70. The zero-order valence-corrected chi connectivity index (χ0v) is 11.9. The Bertz CT molecular complexity index is 252. The summed E-state index contributed by atoms with van der Waals surface area (Å²) in [6.45, 7) is 10.8. The van der Waals surface area contributed by atoms with Gasteiger partial charge < -0.3 is 5.32 Å². The fourth-order valence-corrected chi connectivity index (χ4v) is 2.10. The van der Waals surface area contributed by atoms with E-state index in [0.29, 0.717) is 6.04 Å². The standard InChI is InChI=1S/C11H21N3S.ClH/c1-4-14(10(2)3)6-5-12-7-11-8-15-9-13-11;/h8-10,12H,4-7H2,1-3H3;1H. The number of rotatable bonds is 7. The molecule has 0 aliphatic rings. The van der Waals surface area contributed by atoms with Crippen LogP contribution >= 0.6 is 23.7 Å². The third-order valence-electron chi connectivity index (χ3n) is 2.50. The molecule has 5 heteroatoms. The predicted molar refractivity (Wildman–Crippen MR) is 73.5 cm³/mol. The van der Waals surface area contributed by atoms with Crippen LogP contribution in [0, 0.1) is 0 Å². The predicted octanol–water partition coefficient (Wildman–Crippen LogP) is 2.38. The molecule has 0 unspecified atom stereocenters. The Morgan fingerprint density at radius 3 is 2.75 bits per heavy atom. The first-order valence-corrected chi connectivity index (χ1v) is 6.50.